The molecule has 0 saturated heterocycles. The molecule has 0 radical (unpaired) electrons. The molecule has 116 valence electrons. The maximum atomic E-state index is 12.9. The summed E-state index contributed by atoms with van der Waals surface area (Å²) in [6, 6.07) is 15.4. The van der Waals surface area contributed by atoms with E-state index in [0.717, 1.165) is 33.2 Å². The zero-order valence-corrected chi connectivity index (χ0v) is 12.8. The number of fused-ring (bicyclic) bond motifs is 6. The van der Waals surface area contributed by atoms with E-state index in [0.29, 0.717) is 11.1 Å². The summed E-state index contributed by atoms with van der Waals surface area (Å²) in [6.45, 7) is 0. The standard InChI is InChI=1S/C20H14N2O2/c23-17-10-16-20(12-6-2-4-8-14(12)22-16)18(24)9-15-19(17)11-5-1-3-7-13(11)21-15/h1-8,21-22H,9-10H2. The molecule has 0 spiro atoms. The summed E-state index contributed by atoms with van der Waals surface area (Å²) in [6.07, 6.45) is 0.426. The van der Waals surface area contributed by atoms with Crippen LogP contribution in [-0.2, 0) is 12.8 Å². The van der Waals surface area contributed by atoms with E-state index in [1.165, 1.54) is 0 Å². The fraction of sp³-hybridized carbons (Fsp3) is 0.100. The van der Waals surface area contributed by atoms with E-state index >= 15 is 0 Å². The summed E-state index contributed by atoms with van der Waals surface area (Å²) in [7, 11) is 0. The molecule has 24 heavy (non-hydrogen) atoms. The summed E-state index contributed by atoms with van der Waals surface area (Å²) in [5.74, 6) is 0.0884. The van der Waals surface area contributed by atoms with Gasteiger partial charge in [-0.3, -0.25) is 9.59 Å². The normalized spacial score (nSPS) is 14.5. The molecule has 0 saturated carbocycles. The number of Topliss-reactive ketones (excluding diaryl/α,β-unsaturated/α-hetero) is 2. The summed E-state index contributed by atoms with van der Waals surface area (Å²) in [4.78, 5) is 32.4. The Morgan fingerprint density at radius 3 is 1.50 bits per heavy atom. The molecule has 2 N–H and O–H groups in total. The second-order valence-corrected chi connectivity index (χ2v) is 6.25. The fourth-order valence-electron chi connectivity index (χ4n) is 3.80. The van der Waals surface area contributed by atoms with Crippen LogP contribution in [-0.4, -0.2) is 21.5 Å². The lowest BCUT2D eigenvalue weighted by Crippen LogP contribution is -2.16. The van der Waals surface area contributed by atoms with Crippen LogP contribution < -0.4 is 0 Å². The third-order valence-corrected chi connectivity index (χ3v) is 4.80. The van der Waals surface area contributed by atoms with Gasteiger partial charge in [-0.05, 0) is 12.1 Å². The summed E-state index contributed by atoms with van der Waals surface area (Å²) in [5.41, 5.74) is 4.56. The van der Waals surface area contributed by atoms with Gasteiger partial charge in [-0.25, -0.2) is 0 Å². The number of hydrogen-bond donors (Lipinski definition) is 2. The van der Waals surface area contributed by atoms with Crippen molar-refractivity contribution < 1.29 is 9.59 Å². The minimum Gasteiger partial charge on any atom is -0.357 e. The van der Waals surface area contributed by atoms with Gasteiger partial charge in [-0.1, -0.05) is 36.4 Å². The molecule has 0 unspecified atom stereocenters. The van der Waals surface area contributed by atoms with Crippen LogP contribution in [0.2, 0.25) is 0 Å². The molecule has 0 atom stereocenters. The smallest absolute Gasteiger partial charge is 0.171 e. The Labute approximate surface area is 137 Å². The molecule has 1 aliphatic carbocycles. The van der Waals surface area contributed by atoms with Gasteiger partial charge in [0.1, 0.15) is 0 Å². The quantitative estimate of drug-likeness (QED) is 0.518. The predicted octanol–water partition coefficient (Wildman–Crippen LogP) is 3.81. The number of carbonyl (C=O) groups excluding carboxylic acids is 2. The Kier molecular flexibility index (Phi) is 2.59. The SMILES string of the molecule is O=C1Cc2[nH]c3ccccc3c2C(=O)Cc2[nH]c3ccccc3c21. The molecule has 0 aliphatic heterocycles. The highest BCUT2D eigenvalue weighted by Crippen LogP contribution is 2.31. The zero-order chi connectivity index (χ0) is 16.3. The first-order valence-corrected chi connectivity index (χ1v) is 7.98. The number of benzene rings is 2. The number of ketones is 2. The molecular formula is C20H14N2O2. The highest BCUT2D eigenvalue weighted by atomic mass is 16.1. The molecular weight excluding hydrogens is 300 g/mol. The van der Waals surface area contributed by atoms with Gasteiger partial charge >= 0.3 is 0 Å². The van der Waals surface area contributed by atoms with E-state index in [1.54, 1.807) is 0 Å². The highest BCUT2D eigenvalue weighted by molar-refractivity contribution is 6.16. The third kappa shape index (κ3) is 1.74. The number of aromatic amines is 2. The molecule has 1 aliphatic rings. The molecule has 4 heteroatoms. The van der Waals surface area contributed by atoms with Crippen molar-refractivity contribution in [2.45, 2.75) is 12.8 Å². The van der Waals surface area contributed by atoms with Crippen LogP contribution in [0.25, 0.3) is 21.8 Å². The van der Waals surface area contributed by atoms with Crippen molar-refractivity contribution in [3.63, 3.8) is 0 Å². The van der Waals surface area contributed by atoms with Gasteiger partial charge in [0, 0.05) is 44.3 Å². The predicted molar refractivity (Wildman–Crippen MR) is 92.7 cm³/mol. The van der Waals surface area contributed by atoms with Crippen LogP contribution in [0.15, 0.2) is 48.5 Å². The lowest BCUT2D eigenvalue weighted by molar-refractivity contribution is 0.0977. The molecule has 2 heterocycles. The summed E-state index contributed by atoms with van der Waals surface area (Å²) < 4.78 is 0. The third-order valence-electron chi connectivity index (χ3n) is 4.80. The van der Waals surface area contributed by atoms with Gasteiger partial charge in [0.2, 0.25) is 0 Å². The lowest BCUT2D eigenvalue weighted by atomic mass is 9.92. The molecule has 0 fully saturated rings. The van der Waals surface area contributed by atoms with Crippen molar-refractivity contribution in [1.29, 1.82) is 0 Å². The van der Waals surface area contributed by atoms with Gasteiger partial charge in [0.15, 0.2) is 11.6 Å². The first kappa shape index (κ1) is 13.3. The van der Waals surface area contributed by atoms with Crippen molar-refractivity contribution in [2.24, 2.45) is 0 Å². The van der Waals surface area contributed by atoms with E-state index in [9.17, 15) is 9.59 Å². The highest BCUT2D eigenvalue weighted by Gasteiger charge is 2.28. The first-order chi connectivity index (χ1) is 11.7. The van der Waals surface area contributed by atoms with Gasteiger partial charge in [0.25, 0.3) is 0 Å². The topological polar surface area (TPSA) is 65.7 Å². The van der Waals surface area contributed by atoms with Crippen molar-refractivity contribution in [3.8, 4) is 0 Å². The van der Waals surface area contributed by atoms with Crippen LogP contribution in [0.4, 0.5) is 0 Å². The molecule has 2 aromatic heterocycles. The molecule has 0 amide bonds. The number of rotatable bonds is 0. The Morgan fingerprint density at radius 1 is 0.625 bits per heavy atom. The van der Waals surface area contributed by atoms with E-state index in [1.807, 2.05) is 48.5 Å². The number of H-pyrrole nitrogens is 2. The minimum atomic E-state index is 0.0442. The van der Waals surface area contributed by atoms with Gasteiger partial charge in [-0.15, -0.1) is 0 Å². The molecule has 4 aromatic rings. The van der Waals surface area contributed by atoms with E-state index in [2.05, 4.69) is 9.97 Å². The first-order valence-electron chi connectivity index (χ1n) is 7.98. The van der Waals surface area contributed by atoms with E-state index in [-0.39, 0.29) is 24.4 Å². The zero-order valence-electron chi connectivity index (χ0n) is 12.8. The number of para-hydroxylation sites is 2. The Bertz CT molecular complexity index is 1060. The Balaban J connectivity index is 1.77. The van der Waals surface area contributed by atoms with Gasteiger partial charge in [-0.2, -0.15) is 0 Å². The Morgan fingerprint density at radius 2 is 1.04 bits per heavy atom. The van der Waals surface area contributed by atoms with Crippen LogP contribution in [0.3, 0.4) is 0 Å². The maximum absolute atomic E-state index is 12.9. The van der Waals surface area contributed by atoms with Crippen LogP contribution in [0.5, 0.6) is 0 Å². The number of hydrogen-bond acceptors (Lipinski definition) is 2. The minimum absolute atomic E-state index is 0.0442. The van der Waals surface area contributed by atoms with E-state index < -0.39 is 0 Å². The van der Waals surface area contributed by atoms with Crippen molar-refractivity contribution in [1.82, 2.24) is 9.97 Å². The van der Waals surface area contributed by atoms with Gasteiger partial charge in [0.05, 0.1) is 12.8 Å². The molecule has 5 rings (SSSR count). The summed E-state index contributed by atoms with van der Waals surface area (Å²) in [5, 5.41) is 1.79. The Hall–Kier alpha value is -3.14. The largest absolute Gasteiger partial charge is 0.357 e. The van der Waals surface area contributed by atoms with Crippen molar-refractivity contribution in [2.75, 3.05) is 0 Å². The molecule has 0 bridgehead atoms. The summed E-state index contributed by atoms with van der Waals surface area (Å²) >= 11 is 0. The average molecular weight is 314 g/mol. The molecule has 4 nitrogen and oxygen atoms in total. The number of nitrogens with one attached hydrogen (secondary N) is 2. The van der Waals surface area contributed by atoms with Crippen molar-refractivity contribution in [3.05, 3.63) is 71.0 Å². The van der Waals surface area contributed by atoms with Crippen molar-refractivity contribution >= 4 is 33.4 Å². The van der Waals surface area contributed by atoms with Crippen LogP contribution in [0, 0.1) is 0 Å². The van der Waals surface area contributed by atoms with E-state index in [4.69, 9.17) is 0 Å². The number of aromatic nitrogens is 2. The number of carbonyl (C=O) groups is 2. The second-order valence-electron chi connectivity index (χ2n) is 6.25. The van der Waals surface area contributed by atoms with Crippen LogP contribution in [0.1, 0.15) is 32.1 Å². The average Bonchev–Trinajstić information content (AvgIpc) is 3.10. The molecule has 2 aromatic carbocycles. The van der Waals surface area contributed by atoms with Crippen LogP contribution >= 0.6 is 0 Å². The second kappa shape index (κ2) is 4.68. The fourth-order valence-corrected chi connectivity index (χ4v) is 3.80. The van der Waals surface area contributed by atoms with Gasteiger partial charge < -0.3 is 9.97 Å². The lowest BCUT2D eigenvalue weighted by Gasteiger charge is -2.10. The monoisotopic (exact) mass is 314 g/mol. The maximum Gasteiger partial charge on any atom is 0.171 e.